The molecule has 1 aliphatic rings. The summed E-state index contributed by atoms with van der Waals surface area (Å²) in [5.74, 6) is -0.219. The Bertz CT molecular complexity index is 899. The lowest BCUT2D eigenvalue weighted by Crippen LogP contribution is -2.36. The fraction of sp³-hybridized carbons (Fsp3) is 0.462. The van der Waals surface area contributed by atoms with Crippen molar-refractivity contribution in [1.29, 1.82) is 0 Å². The van der Waals surface area contributed by atoms with Gasteiger partial charge in [-0.15, -0.1) is 6.58 Å². The SMILES string of the molecule is C=CCn1c(=O)n(C2OC(CO)[C@@H](O)[C@H]2O)c2nc(N)[nH]c(=O)c21. The van der Waals surface area contributed by atoms with E-state index in [2.05, 4.69) is 16.5 Å². The summed E-state index contributed by atoms with van der Waals surface area (Å²) in [6.45, 7) is 3.00. The highest BCUT2D eigenvalue weighted by molar-refractivity contribution is 5.71. The van der Waals surface area contributed by atoms with Crippen LogP contribution >= 0.6 is 0 Å². The zero-order chi connectivity index (χ0) is 17.6. The van der Waals surface area contributed by atoms with Crippen molar-refractivity contribution < 1.29 is 20.1 Å². The molecule has 0 saturated carbocycles. The van der Waals surface area contributed by atoms with E-state index >= 15 is 0 Å². The fourth-order valence-corrected chi connectivity index (χ4v) is 2.82. The highest BCUT2D eigenvalue weighted by Gasteiger charge is 2.45. The van der Waals surface area contributed by atoms with E-state index in [1.807, 2.05) is 0 Å². The van der Waals surface area contributed by atoms with Gasteiger partial charge in [-0.05, 0) is 0 Å². The van der Waals surface area contributed by atoms with Crippen LogP contribution in [0.4, 0.5) is 5.95 Å². The number of nitrogens with zero attached hydrogens (tertiary/aromatic N) is 3. The third kappa shape index (κ3) is 2.26. The first-order chi connectivity index (χ1) is 11.4. The summed E-state index contributed by atoms with van der Waals surface area (Å²) < 4.78 is 7.40. The smallest absolute Gasteiger partial charge is 0.333 e. The number of aromatic nitrogens is 4. The number of aromatic amines is 1. The van der Waals surface area contributed by atoms with Crippen LogP contribution in [0.1, 0.15) is 6.23 Å². The number of H-pyrrole nitrogens is 1. The second-order valence-corrected chi connectivity index (χ2v) is 5.40. The topological polar surface area (TPSA) is 169 Å². The van der Waals surface area contributed by atoms with Crippen molar-refractivity contribution in [2.24, 2.45) is 0 Å². The van der Waals surface area contributed by atoms with Gasteiger partial charge >= 0.3 is 5.69 Å². The minimum absolute atomic E-state index is 0.0197. The Morgan fingerprint density at radius 2 is 2.08 bits per heavy atom. The van der Waals surface area contributed by atoms with Gasteiger partial charge in [0, 0.05) is 6.54 Å². The molecule has 130 valence electrons. The third-order valence-corrected chi connectivity index (χ3v) is 3.91. The van der Waals surface area contributed by atoms with E-state index in [0.717, 1.165) is 9.13 Å². The molecule has 11 nitrogen and oxygen atoms in total. The third-order valence-electron chi connectivity index (χ3n) is 3.91. The Kier molecular flexibility index (Phi) is 4.01. The van der Waals surface area contributed by atoms with Crippen LogP contribution in [0.25, 0.3) is 11.2 Å². The van der Waals surface area contributed by atoms with Gasteiger partial charge in [-0.3, -0.25) is 14.3 Å². The Labute approximate surface area is 134 Å². The van der Waals surface area contributed by atoms with Crippen LogP contribution in [-0.4, -0.2) is 59.3 Å². The molecule has 1 aliphatic heterocycles. The molecule has 0 bridgehead atoms. The van der Waals surface area contributed by atoms with Gasteiger partial charge in [0.1, 0.15) is 18.3 Å². The van der Waals surface area contributed by atoms with Crippen molar-refractivity contribution in [2.45, 2.75) is 31.1 Å². The van der Waals surface area contributed by atoms with E-state index < -0.39 is 42.4 Å². The van der Waals surface area contributed by atoms with E-state index in [1.54, 1.807) is 0 Å². The molecule has 2 unspecified atom stereocenters. The van der Waals surface area contributed by atoms with Crippen LogP contribution in [0.15, 0.2) is 22.2 Å². The minimum atomic E-state index is -1.50. The molecule has 0 aromatic carbocycles. The van der Waals surface area contributed by atoms with Crippen molar-refractivity contribution in [1.82, 2.24) is 19.1 Å². The maximum atomic E-state index is 12.7. The molecule has 3 rings (SSSR count). The Morgan fingerprint density at radius 1 is 1.38 bits per heavy atom. The highest BCUT2D eigenvalue weighted by atomic mass is 16.6. The van der Waals surface area contributed by atoms with Crippen molar-refractivity contribution in [2.75, 3.05) is 12.3 Å². The van der Waals surface area contributed by atoms with Gasteiger partial charge in [0.05, 0.1) is 6.61 Å². The largest absolute Gasteiger partial charge is 0.394 e. The molecule has 0 amide bonds. The summed E-state index contributed by atoms with van der Waals surface area (Å²) in [5, 5.41) is 29.2. The molecular weight excluding hydrogens is 322 g/mol. The van der Waals surface area contributed by atoms with Crippen molar-refractivity contribution in [3.63, 3.8) is 0 Å². The average Bonchev–Trinajstić information content (AvgIpc) is 2.96. The van der Waals surface area contributed by atoms with Gasteiger partial charge < -0.3 is 25.8 Å². The van der Waals surface area contributed by atoms with Gasteiger partial charge in [-0.2, -0.15) is 4.98 Å². The summed E-state index contributed by atoms with van der Waals surface area (Å²) >= 11 is 0. The predicted molar refractivity (Wildman–Crippen MR) is 82.2 cm³/mol. The first-order valence-electron chi connectivity index (χ1n) is 7.14. The van der Waals surface area contributed by atoms with Gasteiger partial charge in [0.2, 0.25) is 5.95 Å². The quantitative estimate of drug-likeness (QED) is 0.374. The lowest BCUT2D eigenvalue weighted by Gasteiger charge is -2.15. The maximum Gasteiger partial charge on any atom is 0.333 e. The molecule has 6 N–H and O–H groups in total. The van der Waals surface area contributed by atoms with Crippen molar-refractivity contribution >= 4 is 17.1 Å². The van der Waals surface area contributed by atoms with Crippen molar-refractivity contribution in [3.05, 3.63) is 33.5 Å². The molecule has 2 aromatic heterocycles. The molecule has 4 atom stereocenters. The molecule has 2 aromatic rings. The van der Waals surface area contributed by atoms with E-state index in [1.165, 1.54) is 6.08 Å². The second-order valence-electron chi connectivity index (χ2n) is 5.40. The average molecular weight is 339 g/mol. The maximum absolute atomic E-state index is 12.7. The summed E-state index contributed by atoms with van der Waals surface area (Å²) in [5.41, 5.74) is 4.05. The number of hydrogen-bond donors (Lipinski definition) is 5. The number of aliphatic hydroxyl groups excluding tert-OH is 3. The predicted octanol–water partition coefficient (Wildman–Crippen LogP) is -2.73. The van der Waals surface area contributed by atoms with Crippen LogP contribution in [0.5, 0.6) is 0 Å². The number of aliphatic hydroxyl groups is 3. The molecule has 1 saturated heterocycles. The van der Waals surface area contributed by atoms with Crippen LogP contribution in [0, 0.1) is 0 Å². The van der Waals surface area contributed by atoms with Crippen LogP contribution in [0.2, 0.25) is 0 Å². The first kappa shape index (κ1) is 16.4. The number of nitrogens with one attached hydrogen (secondary N) is 1. The number of nitrogen functional groups attached to an aromatic ring is 1. The number of nitrogens with two attached hydrogens (primary N) is 1. The van der Waals surface area contributed by atoms with Gasteiger partial charge in [-0.25, -0.2) is 9.36 Å². The van der Waals surface area contributed by atoms with E-state index in [0.29, 0.717) is 0 Å². The van der Waals surface area contributed by atoms with Gasteiger partial charge in [-0.1, -0.05) is 6.08 Å². The van der Waals surface area contributed by atoms with Crippen LogP contribution < -0.4 is 17.0 Å². The zero-order valence-electron chi connectivity index (χ0n) is 12.5. The number of anilines is 1. The molecular formula is C13H17N5O6. The van der Waals surface area contributed by atoms with Gasteiger partial charge in [0.25, 0.3) is 5.56 Å². The number of imidazole rings is 1. The number of fused-ring (bicyclic) bond motifs is 1. The molecule has 1 fully saturated rings. The van der Waals surface area contributed by atoms with E-state index in [-0.39, 0.29) is 23.7 Å². The lowest BCUT2D eigenvalue weighted by molar-refractivity contribution is -0.0527. The van der Waals surface area contributed by atoms with Crippen LogP contribution in [-0.2, 0) is 11.3 Å². The number of rotatable bonds is 4. The molecule has 0 aliphatic carbocycles. The monoisotopic (exact) mass is 339 g/mol. The molecule has 11 heteroatoms. The Hall–Kier alpha value is -2.47. The summed E-state index contributed by atoms with van der Waals surface area (Å²) in [6, 6.07) is 0. The second kappa shape index (κ2) is 5.87. The zero-order valence-corrected chi connectivity index (χ0v) is 12.5. The number of allylic oxidation sites excluding steroid dienone is 1. The number of hydrogen-bond acceptors (Lipinski definition) is 8. The minimum Gasteiger partial charge on any atom is -0.394 e. The highest BCUT2D eigenvalue weighted by Crippen LogP contribution is 2.30. The Morgan fingerprint density at radius 3 is 2.67 bits per heavy atom. The molecule has 24 heavy (non-hydrogen) atoms. The lowest BCUT2D eigenvalue weighted by atomic mass is 10.1. The van der Waals surface area contributed by atoms with Gasteiger partial charge in [0.15, 0.2) is 17.4 Å². The standard InChI is InChI=1S/C13H17N5O6/c1-2-3-17-6-9(15-12(14)16-10(6)22)18(13(17)23)11-8(21)7(20)5(4-19)24-11/h2,5,7-8,11,19-21H,1,3-4H2,(H3,14,15,16,22)/t5?,7-,8-,11?/m1/s1. The molecule has 0 radical (unpaired) electrons. The summed E-state index contributed by atoms with van der Waals surface area (Å²) in [7, 11) is 0. The van der Waals surface area contributed by atoms with Crippen LogP contribution in [0.3, 0.4) is 0 Å². The summed E-state index contributed by atoms with van der Waals surface area (Å²) in [4.78, 5) is 31.1. The fourth-order valence-electron chi connectivity index (χ4n) is 2.82. The molecule has 0 spiro atoms. The Balaban J connectivity index is 2.29. The first-order valence-corrected chi connectivity index (χ1v) is 7.14. The van der Waals surface area contributed by atoms with E-state index in [4.69, 9.17) is 10.5 Å². The normalized spacial score (nSPS) is 27.0. The number of ether oxygens (including phenoxy) is 1. The van der Waals surface area contributed by atoms with Crippen molar-refractivity contribution in [3.8, 4) is 0 Å². The molecule has 3 heterocycles. The van der Waals surface area contributed by atoms with E-state index in [9.17, 15) is 24.9 Å². The summed E-state index contributed by atoms with van der Waals surface area (Å²) in [6.07, 6.45) is -3.88.